The lowest BCUT2D eigenvalue weighted by Crippen LogP contribution is -2.30. The molecular weight excluding hydrogens is 322 g/mol. The monoisotopic (exact) mass is 339 g/mol. The van der Waals surface area contributed by atoms with Crippen LogP contribution in [0.3, 0.4) is 0 Å². The number of rotatable bonds is 5. The van der Waals surface area contributed by atoms with Crippen LogP contribution in [0.25, 0.3) is 0 Å². The van der Waals surface area contributed by atoms with Gasteiger partial charge in [0.25, 0.3) is 5.91 Å². The van der Waals surface area contributed by atoms with E-state index in [0.29, 0.717) is 5.13 Å². The summed E-state index contributed by atoms with van der Waals surface area (Å²) >= 11 is 1.32. The van der Waals surface area contributed by atoms with Gasteiger partial charge in [0, 0.05) is 17.0 Å². The number of nitrogens with one attached hydrogen (secondary N) is 2. The Morgan fingerprint density at radius 3 is 2.64 bits per heavy atom. The molecular formula is C14H17N3O3S2. The van der Waals surface area contributed by atoms with Gasteiger partial charge in [0.2, 0.25) is 10.0 Å². The van der Waals surface area contributed by atoms with Crippen LogP contribution in [0, 0.1) is 6.92 Å². The molecule has 0 atom stereocenters. The molecule has 6 nitrogen and oxygen atoms in total. The molecule has 1 aromatic carbocycles. The number of benzene rings is 1. The van der Waals surface area contributed by atoms with Crippen LogP contribution in [0.15, 0.2) is 34.5 Å². The number of thiazole rings is 1. The first-order valence-electron chi connectivity index (χ1n) is 6.64. The van der Waals surface area contributed by atoms with Crippen LogP contribution < -0.4 is 10.0 Å². The minimum atomic E-state index is -3.63. The predicted octanol–water partition coefficient (Wildman–Crippen LogP) is 2.39. The maximum Gasteiger partial charge on any atom is 0.257 e. The molecule has 0 spiro atoms. The van der Waals surface area contributed by atoms with Gasteiger partial charge in [-0.3, -0.25) is 10.1 Å². The quantitative estimate of drug-likeness (QED) is 0.875. The van der Waals surface area contributed by atoms with Gasteiger partial charge in [-0.15, -0.1) is 11.3 Å². The van der Waals surface area contributed by atoms with Gasteiger partial charge in [-0.25, -0.2) is 18.1 Å². The fraction of sp³-hybridized carbons (Fsp3) is 0.286. The standard InChI is InChI=1S/C14H17N3O3S2/c1-9(2)17-22(19,20)12-6-4-5-11(7-12)13(18)16-14-15-10(3)8-21-14/h4-9,17H,1-3H3,(H,15,16,18). The third kappa shape index (κ3) is 4.12. The molecule has 0 bridgehead atoms. The first kappa shape index (κ1) is 16.6. The molecule has 1 heterocycles. The number of carbonyl (C=O) groups is 1. The molecule has 0 unspecified atom stereocenters. The van der Waals surface area contributed by atoms with Crippen LogP contribution in [-0.2, 0) is 10.0 Å². The minimum Gasteiger partial charge on any atom is -0.298 e. The fourth-order valence-electron chi connectivity index (χ4n) is 1.76. The summed E-state index contributed by atoms with van der Waals surface area (Å²) in [6.07, 6.45) is 0. The molecule has 118 valence electrons. The number of hydrogen-bond acceptors (Lipinski definition) is 5. The van der Waals surface area contributed by atoms with E-state index in [9.17, 15) is 13.2 Å². The normalized spacial score (nSPS) is 11.6. The third-order valence-electron chi connectivity index (χ3n) is 2.64. The zero-order chi connectivity index (χ0) is 16.3. The van der Waals surface area contributed by atoms with Crippen molar-refractivity contribution in [2.24, 2.45) is 0 Å². The van der Waals surface area contributed by atoms with Crippen molar-refractivity contribution < 1.29 is 13.2 Å². The van der Waals surface area contributed by atoms with Crippen molar-refractivity contribution in [2.45, 2.75) is 31.7 Å². The molecule has 2 N–H and O–H groups in total. The Morgan fingerprint density at radius 1 is 1.32 bits per heavy atom. The molecule has 0 aliphatic carbocycles. The second kappa shape index (κ2) is 6.55. The van der Waals surface area contributed by atoms with Crippen molar-refractivity contribution in [3.8, 4) is 0 Å². The van der Waals surface area contributed by atoms with Crippen molar-refractivity contribution in [3.05, 3.63) is 40.9 Å². The Bertz CT molecular complexity index is 782. The van der Waals surface area contributed by atoms with Crippen LogP contribution in [0.4, 0.5) is 5.13 Å². The summed E-state index contributed by atoms with van der Waals surface area (Å²) in [5.41, 5.74) is 1.08. The largest absolute Gasteiger partial charge is 0.298 e. The van der Waals surface area contributed by atoms with Crippen LogP contribution in [0.2, 0.25) is 0 Å². The average molecular weight is 339 g/mol. The molecule has 1 amide bonds. The van der Waals surface area contributed by atoms with E-state index in [2.05, 4.69) is 15.0 Å². The number of nitrogens with zero attached hydrogens (tertiary/aromatic N) is 1. The lowest BCUT2D eigenvalue weighted by atomic mass is 10.2. The van der Waals surface area contributed by atoms with Gasteiger partial charge in [-0.05, 0) is 39.0 Å². The van der Waals surface area contributed by atoms with Crippen LogP contribution >= 0.6 is 11.3 Å². The molecule has 0 aliphatic rings. The summed E-state index contributed by atoms with van der Waals surface area (Å²) in [7, 11) is -3.63. The Balaban J connectivity index is 2.22. The first-order chi connectivity index (χ1) is 10.3. The summed E-state index contributed by atoms with van der Waals surface area (Å²) in [6.45, 7) is 5.30. The van der Waals surface area contributed by atoms with Gasteiger partial charge in [-0.2, -0.15) is 0 Å². The summed E-state index contributed by atoms with van der Waals surface area (Å²) in [6, 6.07) is 5.68. The minimum absolute atomic E-state index is 0.0594. The second-order valence-corrected chi connectivity index (χ2v) is 7.62. The number of aromatic nitrogens is 1. The SMILES string of the molecule is Cc1csc(NC(=O)c2cccc(S(=O)(=O)NC(C)C)c2)n1. The highest BCUT2D eigenvalue weighted by Crippen LogP contribution is 2.17. The molecule has 8 heteroatoms. The smallest absolute Gasteiger partial charge is 0.257 e. The first-order valence-corrected chi connectivity index (χ1v) is 9.00. The number of anilines is 1. The third-order valence-corrected chi connectivity index (χ3v) is 5.17. The van der Waals surface area contributed by atoms with E-state index in [4.69, 9.17) is 0 Å². The Labute approximate surface area is 133 Å². The molecule has 0 saturated heterocycles. The highest BCUT2D eigenvalue weighted by atomic mass is 32.2. The van der Waals surface area contributed by atoms with E-state index in [1.807, 2.05) is 12.3 Å². The van der Waals surface area contributed by atoms with E-state index >= 15 is 0 Å². The van der Waals surface area contributed by atoms with Gasteiger partial charge in [-0.1, -0.05) is 6.07 Å². The van der Waals surface area contributed by atoms with Gasteiger partial charge in [0.15, 0.2) is 5.13 Å². The van der Waals surface area contributed by atoms with Gasteiger partial charge in [0.05, 0.1) is 10.6 Å². The summed E-state index contributed by atoms with van der Waals surface area (Å²) < 4.78 is 26.7. The molecule has 0 radical (unpaired) electrons. The van der Waals surface area contributed by atoms with Crippen LogP contribution in [0.1, 0.15) is 29.9 Å². The number of carbonyl (C=O) groups excluding carboxylic acids is 1. The van der Waals surface area contributed by atoms with Crippen molar-refractivity contribution in [1.29, 1.82) is 0 Å². The van der Waals surface area contributed by atoms with Gasteiger partial charge >= 0.3 is 0 Å². The molecule has 0 aliphatic heterocycles. The predicted molar refractivity (Wildman–Crippen MR) is 86.7 cm³/mol. The second-order valence-electron chi connectivity index (χ2n) is 5.05. The molecule has 0 saturated carbocycles. The maximum absolute atomic E-state index is 12.2. The molecule has 2 rings (SSSR count). The van der Waals surface area contributed by atoms with Crippen LogP contribution in [0.5, 0.6) is 0 Å². The van der Waals surface area contributed by atoms with E-state index in [0.717, 1.165) is 5.69 Å². The lowest BCUT2D eigenvalue weighted by Gasteiger charge is -2.10. The maximum atomic E-state index is 12.2. The number of amides is 1. The zero-order valence-electron chi connectivity index (χ0n) is 12.5. The summed E-state index contributed by atoms with van der Waals surface area (Å²) in [4.78, 5) is 16.4. The van der Waals surface area contributed by atoms with E-state index in [1.54, 1.807) is 19.9 Å². The van der Waals surface area contributed by atoms with Crippen molar-refractivity contribution >= 4 is 32.4 Å². The highest BCUT2D eigenvalue weighted by molar-refractivity contribution is 7.89. The van der Waals surface area contributed by atoms with E-state index in [-0.39, 0.29) is 16.5 Å². The van der Waals surface area contributed by atoms with E-state index < -0.39 is 15.9 Å². The van der Waals surface area contributed by atoms with Gasteiger partial charge < -0.3 is 0 Å². The Hall–Kier alpha value is -1.77. The van der Waals surface area contributed by atoms with Gasteiger partial charge in [0.1, 0.15) is 0 Å². The van der Waals surface area contributed by atoms with E-state index in [1.165, 1.54) is 29.5 Å². The zero-order valence-corrected chi connectivity index (χ0v) is 14.1. The molecule has 1 aromatic heterocycles. The van der Waals surface area contributed by atoms with Crippen molar-refractivity contribution in [1.82, 2.24) is 9.71 Å². The lowest BCUT2D eigenvalue weighted by molar-refractivity contribution is 0.102. The summed E-state index contributed by atoms with van der Waals surface area (Å²) in [5.74, 6) is -0.393. The fourth-order valence-corrected chi connectivity index (χ4v) is 3.74. The molecule has 22 heavy (non-hydrogen) atoms. The molecule has 2 aromatic rings. The molecule has 0 fully saturated rings. The number of aryl methyl sites for hydroxylation is 1. The Morgan fingerprint density at radius 2 is 2.05 bits per heavy atom. The summed E-state index contributed by atoms with van der Waals surface area (Å²) in [5, 5.41) is 4.96. The Kier molecular flexibility index (Phi) is 4.94. The van der Waals surface area contributed by atoms with Crippen molar-refractivity contribution in [3.63, 3.8) is 0 Å². The topological polar surface area (TPSA) is 88.2 Å². The van der Waals surface area contributed by atoms with Crippen LogP contribution in [-0.4, -0.2) is 25.4 Å². The average Bonchev–Trinajstić information content (AvgIpc) is 2.83. The highest BCUT2D eigenvalue weighted by Gasteiger charge is 2.17. The number of sulfonamides is 1. The number of hydrogen-bond donors (Lipinski definition) is 2. The van der Waals surface area contributed by atoms with Crippen molar-refractivity contribution in [2.75, 3.05) is 5.32 Å².